The molecule has 2 atom stereocenters. The molecular formula is C23H24N2O2. The number of nitrogens with one attached hydrogen (secondary N) is 1. The SMILES string of the molecule is CC1(C)CC(=O)[C@@]2(C1)C(=O)N(c1ccccc1)N[C@H]2/C=C\c1ccccc1. The number of nitrogens with zero attached hydrogens (tertiary/aromatic N) is 1. The van der Waals surface area contributed by atoms with Gasteiger partial charge in [0.2, 0.25) is 0 Å². The van der Waals surface area contributed by atoms with Crippen molar-refractivity contribution in [3.63, 3.8) is 0 Å². The summed E-state index contributed by atoms with van der Waals surface area (Å²) in [5, 5.41) is 1.55. The van der Waals surface area contributed by atoms with Crippen molar-refractivity contribution < 1.29 is 9.59 Å². The van der Waals surface area contributed by atoms with Crippen molar-refractivity contribution in [2.24, 2.45) is 10.8 Å². The van der Waals surface area contributed by atoms with Crippen molar-refractivity contribution in [3.05, 3.63) is 72.3 Å². The molecule has 2 aliphatic rings. The lowest BCUT2D eigenvalue weighted by Gasteiger charge is -2.25. The molecule has 1 N–H and O–H groups in total. The minimum atomic E-state index is -1.04. The second kappa shape index (κ2) is 6.46. The van der Waals surface area contributed by atoms with E-state index in [1.54, 1.807) is 5.01 Å². The first kappa shape index (κ1) is 17.7. The Hall–Kier alpha value is -2.72. The zero-order valence-electron chi connectivity index (χ0n) is 15.7. The molecule has 4 heteroatoms. The molecule has 2 aromatic rings. The first-order valence-electron chi connectivity index (χ1n) is 9.35. The van der Waals surface area contributed by atoms with Crippen LogP contribution >= 0.6 is 0 Å². The van der Waals surface area contributed by atoms with Gasteiger partial charge in [-0.1, -0.05) is 74.5 Å². The monoisotopic (exact) mass is 360 g/mol. The smallest absolute Gasteiger partial charge is 0.257 e. The van der Waals surface area contributed by atoms with Gasteiger partial charge in [-0.3, -0.25) is 9.59 Å². The van der Waals surface area contributed by atoms with E-state index < -0.39 is 5.41 Å². The lowest BCUT2D eigenvalue weighted by atomic mass is 9.75. The molecule has 0 bridgehead atoms. The van der Waals surface area contributed by atoms with Crippen LogP contribution in [0, 0.1) is 10.8 Å². The molecule has 1 aliphatic carbocycles. The van der Waals surface area contributed by atoms with E-state index in [4.69, 9.17) is 0 Å². The van der Waals surface area contributed by atoms with Crippen molar-refractivity contribution in [3.8, 4) is 0 Å². The van der Waals surface area contributed by atoms with Crippen LogP contribution < -0.4 is 10.4 Å². The molecule has 2 fully saturated rings. The molecule has 1 spiro atoms. The molecule has 1 amide bonds. The van der Waals surface area contributed by atoms with E-state index in [1.807, 2.05) is 72.8 Å². The van der Waals surface area contributed by atoms with Crippen LogP contribution in [-0.2, 0) is 9.59 Å². The summed E-state index contributed by atoms with van der Waals surface area (Å²) in [6.07, 6.45) is 4.94. The molecule has 138 valence electrons. The van der Waals surface area contributed by atoms with Crippen LogP contribution in [0.5, 0.6) is 0 Å². The zero-order chi connectivity index (χ0) is 19.1. The highest BCUT2D eigenvalue weighted by molar-refractivity contribution is 6.16. The summed E-state index contributed by atoms with van der Waals surface area (Å²) in [4.78, 5) is 26.6. The van der Waals surface area contributed by atoms with Gasteiger partial charge in [0.15, 0.2) is 5.78 Å². The number of carbonyl (C=O) groups is 2. The Bertz CT molecular complexity index is 889. The van der Waals surface area contributed by atoms with Gasteiger partial charge in [-0.2, -0.15) is 0 Å². The standard InChI is InChI=1S/C23H24N2O2/c1-22(2)15-20(26)23(16-22)19(14-13-17-9-5-3-6-10-17)24-25(21(23)27)18-11-7-4-8-12-18/h3-14,19,24H,15-16H2,1-2H3/b14-13-/t19-,23-/m0/s1. The van der Waals surface area contributed by atoms with Crippen LogP contribution in [0.3, 0.4) is 0 Å². The Kier molecular flexibility index (Phi) is 4.23. The van der Waals surface area contributed by atoms with Crippen molar-refractivity contribution in [1.29, 1.82) is 0 Å². The van der Waals surface area contributed by atoms with Crippen LogP contribution in [0.25, 0.3) is 6.08 Å². The summed E-state index contributed by atoms with van der Waals surface area (Å²) >= 11 is 0. The van der Waals surface area contributed by atoms with Gasteiger partial charge in [-0.25, -0.2) is 10.4 Å². The van der Waals surface area contributed by atoms with Gasteiger partial charge >= 0.3 is 0 Å². The fourth-order valence-corrected chi connectivity index (χ4v) is 4.37. The molecule has 0 unspecified atom stereocenters. The van der Waals surface area contributed by atoms with Crippen molar-refractivity contribution in [2.45, 2.75) is 32.7 Å². The Balaban J connectivity index is 1.74. The fourth-order valence-electron chi connectivity index (χ4n) is 4.37. The lowest BCUT2D eigenvalue weighted by molar-refractivity contribution is -0.136. The maximum atomic E-state index is 13.5. The predicted molar refractivity (Wildman–Crippen MR) is 107 cm³/mol. The largest absolute Gasteiger partial charge is 0.298 e. The second-order valence-corrected chi connectivity index (χ2v) is 8.26. The number of anilines is 1. The Labute approximate surface area is 159 Å². The van der Waals surface area contributed by atoms with Gasteiger partial charge < -0.3 is 0 Å². The summed E-state index contributed by atoms with van der Waals surface area (Å²) in [7, 11) is 0. The number of para-hydroxylation sites is 1. The second-order valence-electron chi connectivity index (χ2n) is 8.26. The number of hydrogen-bond acceptors (Lipinski definition) is 3. The summed E-state index contributed by atoms with van der Waals surface area (Å²) in [5.74, 6) is -0.113. The molecule has 2 aromatic carbocycles. The van der Waals surface area contributed by atoms with Gasteiger partial charge in [-0.15, -0.1) is 0 Å². The number of amides is 1. The van der Waals surface area contributed by atoms with Gasteiger partial charge in [0.25, 0.3) is 5.91 Å². The van der Waals surface area contributed by atoms with Crippen LogP contribution in [0.2, 0.25) is 0 Å². The van der Waals surface area contributed by atoms with E-state index in [2.05, 4.69) is 19.3 Å². The first-order chi connectivity index (χ1) is 12.9. The number of rotatable bonds is 3. The topological polar surface area (TPSA) is 49.4 Å². The first-order valence-corrected chi connectivity index (χ1v) is 9.35. The maximum absolute atomic E-state index is 13.5. The average molecular weight is 360 g/mol. The highest BCUT2D eigenvalue weighted by atomic mass is 16.2. The van der Waals surface area contributed by atoms with E-state index in [0.29, 0.717) is 12.8 Å². The van der Waals surface area contributed by atoms with Crippen LogP contribution in [0.4, 0.5) is 5.69 Å². The quantitative estimate of drug-likeness (QED) is 0.842. The van der Waals surface area contributed by atoms with E-state index in [9.17, 15) is 9.59 Å². The molecule has 27 heavy (non-hydrogen) atoms. The highest BCUT2D eigenvalue weighted by Gasteiger charge is 2.64. The van der Waals surface area contributed by atoms with Crippen LogP contribution in [-0.4, -0.2) is 17.7 Å². The highest BCUT2D eigenvalue weighted by Crippen LogP contribution is 2.52. The molecule has 4 rings (SSSR count). The third-order valence-electron chi connectivity index (χ3n) is 5.57. The average Bonchev–Trinajstić information content (AvgIpc) is 3.08. The summed E-state index contributed by atoms with van der Waals surface area (Å²) in [6, 6.07) is 19.0. The normalized spacial score (nSPS) is 27.2. The summed E-state index contributed by atoms with van der Waals surface area (Å²) in [5.41, 5.74) is 3.89. The number of ketones is 1. The maximum Gasteiger partial charge on any atom is 0.257 e. The van der Waals surface area contributed by atoms with Crippen molar-refractivity contribution >= 4 is 23.5 Å². The van der Waals surface area contributed by atoms with Crippen LogP contribution in [0.1, 0.15) is 32.3 Å². The van der Waals surface area contributed by atoms with Gasteiger partial charge in [0.1, 0.15) is 5.41 Å². The summed E-state index contributed by atoms with van der Waals surface area (Å²) in [6.45, 7) is 4.13. The van der Waals surface area contributed by atoms with E-state index in [-0.39, 0.29) is 23.1 Å². The van der Waals surface area contributed by atoms with Crippen molar-refractivity contribution in [2.75, 3.05) is 5.01 Å². The third kappa shape index (κ3) is 3.00. The number of hydrogen-bond donors (Lipinski definition) is 1. The number of Topliss-reactive ketones (excluding diaryl/α,β-unsaturated/α-hetero) is 1. The Morgan fingerprint density at radius 3 is 2.22 bits per heavy atom. The number of hydrazine groups is 1. The Morgan fingerprint density at radius 2 is 1.63 bits per heavy atom. The number of benzene rings is 2. The summed E-state index contributed by atoms with van der Waals surface area (Å²) < 4.78 is 0. The van der Waals surface area contributed by atoms with Crippen molar-refractivity contribution in [1.82, 2.24) is 5.43 Å². The molecule has 1 heterocycles. The number of carbonyl (C=O) groups excluding carboxylic acids is 2. The van der Waals surface area contributed by atoms with E-state index in [0.717, 1.165) is 11.3 Å². The fraction of sp³-hybridized carbons (Fsp3) is 0.304. The lowest BCUT2D eigenvalue weighted by Crippen LogP contribution is -2.42. The molecule has 0 radical (unpaired) electrons. The van der Waals surface area contributed by atoms with Gasteiger partial charge in [-0.05, 0) is 29.5 Å². The third-order valence-corrected chi connectivity index (χ3v) is 5.57. The van der Waals surface area contributed by atoms with Crippen LogP contribution in [0.15, 0.2) is 66.7 Å². The minimum Gasteiger partial charge on any atom is -0.298 e. The molecule has 1 saturated carbocycles. The molecule has 1 aliphatic heterocycles. The molecule has 0 aromatic heterocycles. The molecular weight excluding hydrogens is 336 g/mol. The molecule has 1 saturated heterocycles. The van der Waals surface area contributed by atoms with Gasteiger partial charge in [0.05, 0.1) is 11.7 Å². The van der Waals surface area contributed by atoms with E-state index >= 15 is 0 Å². The molecule has 4 nitrogen and oxygen atoms in total. The predicted octanol–water partition coefficient (Wildman–Crippen LogP) is 4.00. The van der Waals surface area contributed by atoms with Gasteiger partial charge in [0, 0.05) is 6.42 Å². The van der Waals surface area contributed by atoms with E-state index in [1.165, 1.54) is 0 Å². The Morgan fingerprint density at radius 1 is 1.00 bits per heavy atom. The zero-order valence-corrected chi connectivity index (χ0v) is 15.7. The minimum absolute atomic E-state index is 0.0335.